The van der Waals surface area contributed by atoms with Gasteiger partial charge in [0.15, 0.2) is 0 Å². The smallest absolute Gasteiger partial charge is 0.254 e. The maximum absolute atomic E-state index is 12.4. The average molecular weight is 298 g/mol. The molecule has 1 fully saturated rings. The number of hydrogen-bond acceptors (Lipinski definition) is 2. The molecule has 1 amide bonds. The van der Waals surface area contributed by atoms with Crippen LogP contribution in [0.1, 0.15) is 24.2 Å². The summed E-state index contributed by atoms with van der Waals surface area (Å²) < 4.78 is 6.36. The van der Waals surface area contributed by atoms with Crippen LogP contribution in [0, 0.1) is 0 Å². The third kappa shape index (κ3) is 2.69. The quantitative estimate of drug-likeness (QED) is 0.798. The highest BCUT2D eigenvalue weighted by atomic mass is 79.9. The fraction of sp³-hybridized carbons (Fsp3) is 0.462. The Morgan fingerprint density at radius 3 is 2.59 bits per heavy atom. The summed E-state index contributed by atoms with van der Waals surface area (Å²) >= 11 is 3.39. The lowest BCUT2D eigenvalue weighted by atomic mass is 10.1. The molecule has 2 unspecified atom stereocenters. The molecule has 2 atom stereocenters. The zero-order valence-corrected chi connectivity index (χ0v) is 11.6. The lowest BCUT2D eigenvalue weighted by Gasteiger charge is -2.38. The van der Waals surface area contributed by atoms with Crippen LogP contribution >= 0.6 is 15.9 Å². The van der Waals surface area contributed by atoms with Gasteiger partial charge in [-0.3, -0.25) is 4.79 Å². The molecule has 1 aliphatic rings. The molecule has 3 nitrogen and oxygen atoms in total. The van der Waals surface area contributed by atoms with Gasteiger partial charge in [0, 0.05) is 10.0 Å². The maximum Gasteiger partial charge on any atom is 0.254 e. The van der Waals surface area contributed by atoms with E-state index in [1.54, 1.807) is 0 Å². The van der Waals surface area contributed by atoms with Gasteiger partial charge in [0.05, 0.1) is 25.3 Å². The summed E-state index contributed by atoms with van der Waals surface area (Å²) in [6.07, 6.45) is 0. The Morgan fingerprint density at radius 2 is 2.00 bits per heavy atom. The van der Waals surface area contributed by atoms with Gasteiger partial charge in [-0.05, 0) is 32.0 Å². The summed E-state index contributed by atoms with van der Waals surface area (Å²) in [5.41, 5.74) is 0.722. The Labute approximate surface area is 110 Å². The number of halogens is 1. The van der Waals surface area contributed by atoms with Crippen LogP contribution in [0.25, 0.3) is 0 Å². The van der Waals surface area contributed by atoms with Gasteiger partial charge in [-0.2, -0.15) is 0 Å². The Morgan fingerprint density at radius 1 is 1.35 bits per heavy atom. The van der Waals surface area contributed by atoms with Gasteiger partial charge in [0.2, 0.25) is 0 Å². The zero-order chi connectivity index (χ0) is 12.4. The molecule has 0 aromatic heterocycles. The van der Waals surface area contributed by atoms with E-state index in [-0.39, 0.29) is 18.0 Å². The minimum Gasteiger partial charge on any atom is -0.377 e. The number of carbonyl (C=O) groups is 1. The predicted molar refractivity (Wildman–Crippen MR) is 70.1 cm³/mol. The van der Waals surface area contributed by atoms with Gasteiger partial charge in [-0.15, -0.1) is 0 Å². The number of hydrogen-bond donors (Lipinski definition) is 0. The van der Waals surface area contributed by atoms with Crippen LogP contribution in [0.15, 0.2) is 28.7 Å². The molecule has 0 bridgehead atoms. The van der Waals surface area contributed by atoms with E-state index in [9.17, 15) is 4.79 Å². The van der Waals surface area contributed by atoms with Crippen LogP contribution in [-0.2, 0) is 4.74 Å². The summed E-state index contributed by atoms with van der Waals surface area (Å²) in [6, 6.07) is 7.77. The summed E-state index contributed by atoms with van der Waals surface area (Å²) in [5.74, 6) is 0.0783. The molecule has 0 spiro atoms. The van der Waals surface area contributed by atoms with E-state index in [0.29, 0.717) is 13.2 Å². The van der Waals surface area contributed by atoms with Gasteiger partial charge >= 0.3 is 0 Å². The Hall–Kier alpha value is -0.870. The number of morpholine rings is 1. The fourth-order valence-corrected chi connectivity index (χ4v) is 2.57. The van der Waals surface area contributed by atoms with Crippen LogP contribution in [0.2, 0.25) is 0 Å². The van der Waals surface area contributed by atoms with E-state index in [4.69, 9.17) is 4.74 Å². The lowest BCUT2D eigenvalue weighted by molar-refractivity contribution is -0.0249. The summed E-state index contributed by atoms with van der Waals surface area (Å²) in [5, 5.41) is 0. The average Bonchev–Trinajstić information content (AvgIpc) is 2.28. The third-order valence-electron chi connectivity index (χ3n) is 2.97. The van der Waals surface area contributed by atoms with Gasteiger partial charge in [0.1, 0.15) is 0 Å². The van der Waals surface area contributed by atoms with E-state index in [1.165, 1.54) is 0 Å². The minimum atomic E-state index is 0.0783. The summed E-state index contributed by atoms with van der Waals surface area (Å²) in [7, 11) is 0. The van der Waals surface area contributed by atoms with E-state index in [2.05, 4.69) is 15.9 Å². The maximum atomic E-state index is 12.4. The predicted octanol–water partition coefficient (Wildman–Crippen LogP) is 2.70. The Balaban J connectivity index is 2.24. The van der Waals surface area contributed by atoms with Crippen LogP contribution in [0.5, 0.6) is 0 Å². The van der Waals surface area contributed by atoms with Crippen LogP contribution in [0.3, 0.4) is 0 Å². The highest BCUT2D eigenvalue weighted by molar-refractivity contribution is 9.10. The second-order valence-corrected chi connectivity index (χ2v) is 5.37. The SMILES string of the molecule is CC1COCC(C)N1C(=O)c1cccc(Br)c1. The highest BCUT2D eigenvalue weighted by Crippen LogP contribution is 2.19. The van der Waals surface area contributed by atoms with Crippen molar-refractivity contribution in [1.82, 2.24) is 4.90 Å². The molecule has 0 radical (unpaired) electrons. The molecule has 0 aliphatic carbocycles. The van der Waals surface area contributed by atoms with Crippen molar-refractivity contribution in [1.29, 1.82) is 0 Å². The highest BCUT2D eigenvalue weighted by Gasteiger charge is 2.30. The van der Waals surface area contributed by atoms with Crippen molar-refractivity contribution in [3.8, 4) is 0 Å². The largest absolute Gasteiger partial charge is 0.377 e. The molecule has 1 saturated heterocycles. The fourth-order valence-electron chi connectivity index (χ4n) is 2.18. The minimum absolute atomic E-state index is 0.0783. The first kappa shape index (κ1) is 12.6. The third-order valence-corrected chi connectivity index (χ3v) is 3.47. The van der Waals surface area contributed by atoms with E-state index in [1.807, 2.05) is 43.0 Å². The number of carbonyl (C=O) groups excluding carboxylic acids is 1. The van der Waals surface area contributed by atoms with E-state index in [0.717, 1.165) is 10.0 Å². The standard InChI is InChI=1S/C13H16BrNO2/c1-9-7-17-8-10(2)15(9)13(16)11-4-3-5-12(14)6-11/h3-6,9-10H,7-8H2,1-2H3. The molecule has 1 heterocycles. The lowest BCUT2D eigenvalue weighted by Crippen LogP contribution is -2.52. The van der Waals surface area contributed by atoms with Gasteiger partial charge < -0.3 is 9.64 Å². The van der Waals surface area contributed by atoms with Gasteiger partial charge in [-0.1, -0.05) is 22.0 Å². The first-order valence-electron chi connectivity index (χ1n) is 5.75. The molecule has 0 saturated carbocycles. The molecule has 1 aromatic rings. The number of benzene rings is 1. The van der Waals surface area contributed by atoms with Crippen molar-refractivity contribution in [3.05, 3.63) is 34.3 Å². The molecule has 92 valence electrons. The van der Waals surface area contributed by atoms with Crippen molar-refractivity contribution in [2.45, 2.75) is 25.9 Å². The summed E-state index contributed by atoms with van der Waals surface area (Å²) in [6.45, 7) is 5.27. The molecule has 2 rings (SSSR count). The van der Waals surface area contributed by atoms with Crippen molar-refractivity contribution in [3.63, 3.8) is 0 Å². The van der Waals surface area contributed by atoms with Gasteiger partial charge in [0.25, 0.3) is 5.91 Å². The summed E-state index contributed by atoms with van der Waals surface area (Å²) in [4.78, 5) is 14.3. The molecule has 4 heteroatoms. The number of amides is 1. The Bertz CT molecular complexity index is 412. The second-order valence-electron chi connectivity index (χ2n) is 4.46. The molecular formula is C13H16BrNO2. The number of rotatable bonds is 1. The first-order chi connectivity index (χ1) is 8.09. The van der Waals surface area contributed by atoms with E-state index < -0.39 is 0 Å². The number of ether oxygens (including phenoxy) is 1. The molecule has 1 aliphatic heterocycles. The van der Waals surface area contributed by atoms with E-state index >= 15 is 0 Å². The normalized spacial score (nSPS) is 24.8. The first-order valence-corrected chi connectivity index (χ1v) is 6.55. The number of nitrogens with zero attached hydrogens (tertiary/aromatic N) is 1. The molecule has 17 heavy (non-hydrogen) atoms. The molecule has 1 aromatic carbocycles. The molecule has 0 N–H and O–H groups in total. The van der Waals surface area contributed by atoms with Crippen LogP contribution < -0.4 is 0 Å². The van der Waals surface area contributed by atoms with Crippen molar-refractivity contribution >= 4 is 21.8 Å². The van der Waals surface area contributed by atoms with Crippen LogP contribution in [-0.4, -0.2) is 36.1 Å². The van der Waals surface area contributed by atoms with Crippen molar-refractivity contribution < 1.29 is 9.53 Å². The Kier molecular flexibility index (Phi) is 3.84. The van der Waals surface area contributed by atoms with Crippen molar-refractivity contribution in [2.75, 3.05) is 13.2 Å². The van der Waals surface area contributed by atoms with Crippen molar-refractivity contribution in [2.24, 2.45) is 0 Å². The van der Waals surface area contributed by atoms with Crippen LogP contribution in [0.4, 0.5) is 0 Å². The van der Waals surface area contributed by atoms with Gasteiger partial charge in [-0.25, -0.2) is 0 Å². The topological polar surface area (TPSA) is 29.5 Å². The zero-order valence-electron chi connectivity index (χ0n) is 10.0. The second kappa shape index (κ2) is 5.19. The monoisotopic (exact) mass is 297 g/mol. The molecular weight excluding hydrogens is 282 g/mol.